The maximum absolute atomic E-state index is 13.6. The molecule has 6 heteroatoms. The van der Waals surface area contributed by atoms with Crippen LogP contribution in [0, 0.1) is 11.6 Å². The molecule has 0 amide bonds. The number of halogens is 3. The Bertz CT molecular complexity index is 642. The minimum Gasteiger partial charge on any atom is -0.323 e. The Morgan fingerprint density at radius 2 is 2.16 bits per heavy atom. The van der Waals surface area contributed by atoms with Gasteiger partial charge in [-0.05, 0) is 47.3 Å². The Kier molecular flexibility index (Phi) is 3.41. The van der Waals surface area contributed by atoms with Crippen molar-refractivity contribution in [1.82, 2.24) is 4.98 Å². The first kappa shape index (κ1) is 13.1. The van der Waals surface area contributed by atoms with E-state index < -0.39 is 11.6 Å². The van der Waals surface area contributed by atoms with E-state index in [1.54, 1.807) is 0 Å². The largest absolute Gasteiger partial charge is 0.323 e. The van der Waals surface area contributed by atoms with Crippen molar-refractivity contribution in [2.24, 2.45) is 5.73 Å². The van der Waals surface area contributed by atoms with E-state index in [2.05, 4.69) is 20.9 Å². The number of fused-ring (bicyclic) bond motifs is 1. The fraction of sp³-hybridized carbons (Fsp3) is 0.308. The second-order valence-electron chi connectivity index (χ2n) is 4.55. The van der Waals surface area contributed by atoms with Gasteiger partial charge in [-0.1, -0.05) is 0 Å². The number of hydrogen-bond donors (Lipinski definition) is 1. The standard InChI is InChI=1S/C13H11BrF2N2S/c14-10-6(4-5-7(15)11(10)16)13-18-12-8(17)2-1-3-9(12)19-13/h4-5,8H,1-3,17H2. The number of rotatable bonds is 1. The first-order valence-corrected chi connectivity index (χ1v) is 7.58. The average molecular weight is 345 g/mol. The van der Waals surface area contributed by atoms with Crippen molar-refractivity contribution in [2.75, 3.05) is 0 Å². The molecule has 1 heterocycles. The van der Waals surface area contributed by atoms with Crippen LogP contribution in [-0.4, -0.2) is 4.98 Å². The zero-order valence-electron chi connectivity index (χ0n) is 9.92. The molecule has 1 aliphatic rings. The van der Waals surface area contributed by atoms with E-state index in [1.807, 2.05) is 0 Å². The van der Waals surface area contributed by atoms with Gasteiger partial charge >= 0.3 is 0 Å². The molecule has 2 N–H and O–H groups in total. The van der Waals surface area contributed by atoms with Gasteiger partial charge in [0.05, 0.1) is 10.2 Å². The summed E-state index contributed by atoms with van der Waals surface area (Å²) in [7, 11) is 0. The van der Waals surface area contributed by atoms with Crippen LogP contribution in [-0.2, 0) is 6.42 Å². The van der Waals surface area contributed by atoms with Crippen molar-refractivity contribution in [3.8, 4) is 10.6 Å². The third kappa shape index (κ3) is 2.22. The van der Waals surface area contributed by atoms with Gasteiger partial charge in [-0.15, -0.1) is 11.3 Å². The van der Waals surface area contributed by atoms with E-state index in [-0.39, 0.29) is 10.5 Å². The van der Waals surface area contributed by atoms with Gasteiger partial charge in [-0.3, -0.25) is 0 Å². The van der Waals surface area contributed by atoms with Crippen molar-refractivity contribution < 1.29 is 8.78 Å². The molecule has 0 radical (unpaired) electrons. The Morgan fingerprint density at radius 1 is 1.37 bits per heavy atom. The monoisotopic (exact) mass is 344 g/mol. The molecular formula is C13H11BrF2N2S. The highest BCUT2D eigenvalue weighted by molar-refractivity contribution is 9.10. The number of aromatic nitrogens is 1. The fourth-order valence-corrected chi connectivity index (χ4v) is 4.10. The molecule has 1 aromatic heterocycles. The van der Waals surface area contributed by atoms with Gasteiger partial charge in [0.25, 0.3) is 0 Å². The first-order valence-electron chi connectivity index (χ1n) is 5.97. The summed E-state index contributed by atoms with van der Waals surface area (Å²) in [6.45, 7) is 0. The summed E-state index contributed by atoms with van der Waals surface area (Å²) in [5.74, 6) is -1.75. The summed E-state index contributed by atoms with van der Waals surface area (Å²) >= 11 is 4.61. The number of benzene rings is 1. The van der Waals surface area contributed by atoms with E-state index in [0.29, 0.717) is 10.6 Å². The van der Waals surface area contributed by atoms with Crippen molar-refractivity contribution >= 4 is 27.3 Å². The molecule has 0 saturated carbocycles. The highest BCUT2D eigenvalue weighted by Crippen LogP contribution is 2.39. The lowest BCUT2D eigenvalue weighted by Crippen LogP contribution is -2.16. The van der Waals surface area contributed by atoms with Crippen molar-refractivity contribution in [3.05, 3.63) is 38.8 Å². The third-order valence-electron chi connectivity index (χ3n) is 3.26. The third-order valence-corrected chi connectivity index (χ3v) is 5.20. The molecule has 0 aliphatic heterocycles. The molecular weight excluding hydrogens is 334 g/mol. The van der Waals surface area contributed by atoms with Gasteiger partial charge in [0.1, 0.15) is 5.01 Å². The van der Waals surface area contributed by atoms with E-state index in [9.17, 15) is 8.78 Å². The highest BCUT2D eigenvalue weighted by Gasteiger charge is 2.23. The molecule has 100 valence electrons. The molecule has 1 atom stereocenters. The van der Waals surface area contributed by atoms with Crippen LogP contribution in [0.3, 0.4) is 0 Å². The van der Waals surface area contributed by atoms with E-state index in [1.165, 1.54) is 17.4 Å². The number of nitrogens with two attached hydrogens (primary N) is 1. The highest BCUT2D eigenvalue weighted by atomic mass is 79.9. The molecule has 2 nitrogen and oxygen atoms in total. The predicted octanol–water partition coefficient (Wildman–Crippen LogP) is 4.19. The van der Waals surface area contributed by atoms with Crippen molar-refractivity contribution in [2.45, 2.75) is 25.3 Å². The smallest absolute Gasteiger partial charge is 0.173 e. The van der Waals surface area contributed by atoms with Crippen molar-refractivity contribution in [3.63, 3.8) is 0 Å². The minimum absolute atomic E-state index is 0.0437. The van der Waals surface area contributed by atoms with Gasteiger partial charge in [-0.25, -0.2) is 13.8 Å². The quantitative estimate of drug-likeness (QED) is 0.788. The molecule has 0 saturated heterocycles. The maximum Gasteiger partial charge on any atom is 0.173 e. The van der Waals surface area contributed by atoms with Gasteiger partial charge in [0.15, 0.2) is 11.6 Å². The number of aryl methyl sites for hydroxylation is 1. The van der Waals surface area contributed by atoms with Gasteiger partial charge in [-0.2, -0.15) is 0 Å². The maximum atomic E-state index is 13.6. The van der Waals surface area contributed by atoms with Crippen LogP contribution < -0.4 is 5.73 Å². The molecule has 0 bridgehead atoms. The second-order valence-corrected chi connectivity index (χ2v) is 6.43. The summed E-state index contributed by atoms with van der Waals surface area (Å²) in [4.78, 5) is 5.67. The summed E-state index contributed by atoms with van der Waals surface area (Å²) in [5.41, 5.74) is 7.51. The van der Waals surface area contributed by atoms with Gasteiger partial charge in [0, 0.05) is 16.5 Å². The topological polar surface area (TPSA) is 38.9 Å². The van der Waals surface area contributed by atoms with E-state index >= 15 is 0 Å². The lowest BCUT2D eigenvalue weighted by Gasteiger charge is -2.15. The Morgan fingerprint density at radius 3 is 2.89 bits per heavy atom. The Hall–Kier alpha value is -0.850. The van der Waals surface area contributed by atoms with Crippen LogP contribution in [0.25, 0.3) is 10.6 Å². The molecule has 0 spiro atoms. The molecule has 1 aromatic carbocycles. The molecule has 0 fully saturated rings. The summed E-state index contributed by atoms with van der Waals surface area (Å²) < 4.78 is 26.8. The van der Waals surface area contributed by atoms with Crippen LogP contribution in [0.2, 0.25) is 0 Å². The molecule has 1 unspecified atom stereocenters. The van der Waals surface area contributed by atoms with Crippen LogP contribution in [0.5, 0.6) is 0 Å². The molecule has 2 aromatic rings. The van der Waals surface area contributed by atoms with Crippen molar-refractivity contribution in [1.29, 1.82) is 0 Å². The summed E-state index contributed by atoms with van der Waals surface area (Å²) in [5, 5.41) is 0.688. The lowest BCUT2D eigenvalue weighted by atomic mass is 9.99. The Balaban J connectivity index is 2.11. The van der Waals surface area contributed by atoms with Gasteiger partial charge < -0.3 is 5.73 Å². The summed E-state index contributed by atoms with van der Waals surface area (Å²) in [6, 6.07) is 2.62. The second kappa shape index (κ2) is 4.92. The Labute approximate surface area is 121 Å². The van der Waals surface area contributed by atoms with Crippen LogP contribution >= 0.6 is 27.3 Å². The fourth-order valence-electron chi connectivity index (χ4n) is 2.26. The molecule has 1 aliphatic carbocycles. The summed E-state index contributed by atoms with van der Waals surface area (Å²) in [6.07, 6.45) is 2.94. The predicted molar refractivity (Wildman–Crippen MR) is 75.0 cm³/mol. The zero-order chi connectivity index (χ0) is 13.6. The van der Waals surface area contributed by atoms with Crippen LogP contribution in [0.1, 0.15) is 29.5 Å². The normalized spacial score (nSPS) is 18.4. The molecule has 19 heavy (non-hydrogen) atoms. The average Bonchev–Trinajstić information content (AvgIpc) is 2.81. The van der Waals surface area contributed by atoms with Crippen LogP contribution in [0.4, 0.5) is 8.78 Å². The minimum atomic E-state index is -0.880. The van der Waals surface area contributed by atoms with E-state index in [4.69, 9.17) is 5.73 Å². The SMILES string of the molecule is NC1CCCc2sc(-c3ccc(F)c(F)c3Br)nc21. The number of hydrogen-bond acceptors (Lipinski definition) is 3. The van der Waals surface area contributed by atoms with E-state index in [0.717, 1.165) is 35.9 Å². The zero-order valence-corrected chi connectivity index (χ0v) is 12.3. The number of thiazole rings is 1. The first-order chi connectivity index (χ1) is 9.08. The number of nitrogens with zero attached hydrogens (tertiary/aromatic N) is 1. The lowest BCUT2D eigenvalue weighted by molar-refractivity contribution is 0.504. The molecule has 3 rings (SSSR count). The van der Waals surface area contributed by atoms with Crippen LogP contribution in [0.15, 0.2) is 16.6 Å². The van der Waals surface area contributed by atoms with Gasteiger partial charge in [0.2, 0.25) is 0 Å².